The molecule has 4 nitrogen and oxygen atoms in total. The van der Waals surface area contributed by atoms with E-state index in [1.165, 1.54) is 12.1 Å². The summed E-state index contributed by atoms with van der Waals surface area (Å²) in [5, 5.41) is 10.9. The first-order chi connectivity index (χ1) is 5.65. The number of halogens is 1. The van der Waals surface area contributed by atoms with Gasteiger partial charge < -0.3 is 5.73 Å². The molecule has 0 aliphatic heterocycles. The first-order valence-electron chi connectivity index (χ1n) is 3.24. The van der Waals surface area contributed by atoms with E-state index in [4.69, 9.17) is 5.73 Å². The molecular weight excluding hydrogens is 224 g/mol. The Morgan fingerprint density at radius 3 is 2.67 bits per heavy atom. The minimum Gasteiger partial charge on any atom is -0.398 e. The van der Waals surface area contributed by atoms with Crippen LogP contribution in [0.3, 0.4) is 0 Å². The van der Waals surface area contributed by atoms with Gasteiger partial charge in [-0.2, -0.15) is 0 Å². The van der Waals surface area contributed by atoms with Crippen LogP contribution in [0.2, 0.25) is 0 Å². The van der Waals surface area contributed by atoms with Gasteiger partial charge in [0.1, 0.15) is 0 Å². The normalized spacial score (nSPS) is 9.75. The molecule has 0 atom stereocenters. The molecule has 64 valence electrons. The van der Waals surface area contributed by atoms with Crippen molar-refractivity contribution < 1.29 is 4.92 Å². The molecule has 0 amide bonds. The van der Waals surface area contributed by atoms with Gasteiger partial charge in [-0.3, -0.25) is 10.1 Å². The summed E-state index contributed by atoms with van der Waals surface area (Å²) in [5.41, 5.74) is 6.87. The van der Waals surface area contributed by atoms with Crippen LogP contribution in [-0.4, -0.2) is 4.92 Å². The molecular formula is C7H7BrN2O2. The second kappa shape index (κ2) is 3.53. The highest BCUT2D eigenvalue weighted by Gasteiger charge is 2.06. The quantitative estimate of drug-likeness (QED) is 0.366. The third-order valence-corrected chi connectivity index (χ3v) is 2.09. The molecule has 5 heteroatoms. The molecule has 0 heterocycles. The van der Waals surface area contributed by atoms with Crippen molar-refractivity contribution in [2.24, 2.45) is 0 Å². The summed E-state index contributed by atoms with van der Waals surface area (Å²) >= 11 is 3.22. The molecule has 1 aromatic carbocycles. The van der Waals surface area contributed by atoms with Gasteiger partial charge in [0, 0.05) is 23.2 Å². The van der Waals surface area contributed by atoms with Crippen molar-refractivity contribution in [3.8, 4) is 0 Å². The first kappa shape index (κ1) is 8.99. The average Bonchev–Trinajstić information content (AvgIpc) is 2.04. The fourth-order valence-corrected chi connectivity index (χ4v) is 1.33. The number of nitro groups is 1. The number of nitrogen functional groups attached to an aromatic ring is 1. The van der Waals surface area contributed by atoms with Crippen molar-refractivity contribution in [1.82, 2.24) is 0 Å². The lowest BCUT2D eigenvalue weighted by Gasteiger charge is -1.99. The lowest BCUT2D eigenvalue weighted by atomic mass is 10.2. The molecule has 0 aliphatic rings. The summed E-state index contributed by atoms with van der Waals surface area (Å²) in [5.74, 6) is 0. The van der Waals surface area contributed by atoms with Crippen molar-refractivity contribution in [2.75, 3.05) is 5.73 Å². The van der Waals surface area contributed by atoms with E-state index < -0.39 is 4.92 Å². The second-order valence-corrected chi connectivity index (χ2v) is 2.83. The molecule has 2 N–H and O–H groups in total. The van der Waals surface area contributed by atoms with Crippen LogP contribution in [0.4, 0.5) is 11.4 Å². The monoisotopic (exact) mass is 230 g/mol. The van der Waals surface area contributed by atoms with E-state index in [0.29, 0.717) is 11.0 Å². The van der Waals surface area contributed by atoms with Crippen molar-refractivity contribution >= 4 is 27.3 Å². The maximum atomic E-state index is 10.3. The Labute approximate surface area is 77.7 Å². The van der Waals surface area contributed by atoms with Crippen LogP contribution in [0.15, 0.2) is 18.2 Å². The van der Waals surface area contributed by atoms with Gasteiger partial charge in [0.2, 0.25) is 0 Å². The van der Waals surface area contributed by atoms with Gasteiger partial charge in [-0.1, -0.05) is 15.9 Å². The second-order valence-electron chi connectivity index (χ2n) is 2.27. The summed E-state index contributed by atoms with van der Waals surface area (Å²) in [7, 11) is 0. The molecule has 1 rings (SSSR count). The number of non-ortho nitro benzene ring substituents is 1. The molecule has 0 aromatic heterocycles. The van der Waals surface area contributed by atoms with Crippen LogP contribution in [-0.2, 0) is 5.33 Å². The van der Waals surface area contributed by atoms with Crippen molar-refractivity contribution in [1.29, 1.82) is 0 Å². The standard InChI is InChI=1S/C7H7BrN2O2/c8-4-5-1-2-6(10(11)12)3-7(5)9/h1-3H,4,9H2. The third-order valence-electron chi connectivity index (χ3n) is 1.48. The zero-order chi connectivity index (χ0) is 9.14. The largest absolute Gasteiger partial charge is 0.398 e. The average molecular weight is 231 g/mol. The Hall–Kier alpha value is -1.10. The highest BCUT2D eigenvalue weighted by molar-refractivity contribution is 9.08. The van der Waals surface area contributed by atoms with E-state index in [-0.39, 0.29) is 5.69 Å². The Balaban J connectivity index is 3.10. The van der Waals surface area contributed by atoms with Crippen LogP contribution < -0.4 is 5.73 Å². The zero-order valence-electron chi connectivity index (χ0n) is 6.16. The molecule has 0 fully saturated rings. The number of alkyl halides is 1. The topological polar surface area (TPSA) is 69.2 Å². The summed E-state index contributed by atoms with van der Waals surface area (Å²) in [6.45, 7) is 0. The van der Waals surface area contributed by atoms with Gasteiger partial charge >= 0.3 is 0 Å². The zero-order valence-corrected chi connectivity index (χ0v) is 7.74. The number of benzene rings is 1. The SMILES string of the molecule is Nc1cc([N+](=O)[O-])ccc1CBr. The molecule has 0 unspecified atom stereocenters. The fourth-order valence-electron chi connectivity index (χ4n) is 0.818. The number of nitrogens with zero attached hydrogens (tertiary/aromatic N) is 1. The molecule has 0 aliphatic carbocycles. The van der Waals surface area contributed by atoms with Crippen LogP contribution in [0.5, 0.6) is 0 Å². The Bertz CT molecular complexity index is 314. The maximum absolute atomic E-state index is 10.3. The van der Waals surface area contributed by atoms with Crippen LogP contribution in [0.1, 0.15) is 5.56 Å². The van der Waals surface area contributed by atoms with E-state index in [0.717, 1.165) is 5.56 Å². The number of rotatable bonds is 2. The number of hydrogen-bond acceptors (Lipinski definition) is 3. The highest BCUT2D eigenvalue weighted by atomic mass is 79.9. The van der Waals surface area contributed by atoms with E-state index in [1.54, 1.807) is 6.07 Å². The predicted molar refractivity (Wildman–Crippen MR) is 50.1 cm³/mol. The van der Waals surface area contributed by atoms with Gasteiger partial charge in [0.15, 0.2) is 0 Å². The van der Waals surface area contributed by atoms with Crippen LogP contribution in [0.25, 0.3) is 0 Å². The predicted octanol–water partition coefficient (Wildman–Crippen LogP) is 2.07. The van der Waals surface area contributed by atoms with Gasteiger partial charge in [0.05, 0.1) is 4.92 Å². The smallest absolute Gasteiger partial charge is 0.271 e. The van der Waals surface area contributed by atoms with E-state index in [9.17, 15) is 10.1 Å². The minimum absolute atomic E-state index is 0.0252. The minimum atomic E-state index is -0.464. The van der Waals surface area contributed by atoms with Gasteiger partial charge in [-0.05, 0) is 11.6 Å². The van der Waals surface area contributed by atoms with Gasteiger partial charge in [-0.15, -0.1) is 0 Å². The number of anilines is 1. The lowest BCUT2D eigenvalue weighted by molar-refractivity contribution is -0.384. The molecule has 0 saturated carbocycles. The van der Waals surface area contributed by atoms with Gasteiger partial charge in [0.25, 0.3) is 5.69 Å². The van der Waals surface area contributed by atoms with Crippen molar-refractivity contribution in [2.45, 2.75) is 5.33 Å². The molecule has 0 bridgehead atoms. The fraction of sp³-hybridized carbons (Fsp3) is 0.143. The van der Waals surface area contributed by atoms with Crippen LogP contribution >= 0.6 is 15.9 Å². The first-order valence-corrected chi connectivity index (χ1v) is 4.36. The summed E-state index contributed by atoms with van der Waals surface area (Å²) < 4.78 is 0. The Morgan fingerprint density at radius 2 is 2.25 bits per heavy atom. The maximum Gasteiger partial charge on any atom is 0.271 e. The summed E-state index contributed by atoms with van der Waals surface area (Å²) in [4.78, 5) is 9.83. The number of nitro benzene ring substituents is 1. The van der Waals surface area contributed by atoms with Crippen molar-refractivity contribution in [3.05, 3.63) is 33.9 Å². The molecule has 12 heavy (non-hydrogen) atoms. The molecule has 1 aromatic rings. The molecule has 0 saturated heterocycles. The summed E-state index contributed by atoms with van der Waals surface area (Å²) in [6, 6.07) is 4.44. The van der Waals surface area contributed by atoms with Crippen molar-refractivity contribution in [3.63, 3.8) is 0 Å². The molecule has 0 spiro atoms. The number of nitrogens with two attached hydrogens (primary N) is 1. The summed E-state index contributed by atoms with van der Waals surface area (Å²) in [6.07, 6.45) is 0. The highest BCUT2D eigenvalue weighted by Crippen LogP contribution is 2.21. The van der Waals surface area contributed by atoms with E-state index in [1.807, 2.05) is 0 Å². The lowest BCUT2D eigenvalue weighted by Crippen LogP contribution is -1.94. The van der Waals surface area contributed by atoms with Gasteiger partial charge in [-0.25, -0.2) is 0 Å². The Kier molecular flexibility index (Phi) is 2.65. The third kappa shape index (κ3) is 1.73. The number of hydrogen-bond donors (Lipinski definition) is 1. The molecule has 0 radical (unpaired) electrons. The van der Waals surface area contributed by atoms with Crippen LogP contribution in [0, 0.1) is 10.1 Å². The van der Waals surface area contributed by atoms with E-state index in [2.05, 4.69) is 15.9 Å². The van der Waals surface area contributed by atoms with E-state index >= 15 is 0 Å². The Morgan fingerprint density at radius 1 is 1.58 bits per heavy atom.